The molecule has 26 heavy (non-hydrogen) atoms. The number of carbonyl (C=O) groups excluding carboxylic acids is 4. The van der Waals surface area contributed by atoms with Crippen LogP contribution in [-0.4, -0.2) is 53.8 Å². The van der Waals surface area contributed by atoms with E-state index in [0.717, 1.165) is 30.1 Å². The molecule has 0 radical (unpaired) electrons. The zero-order valence-electron chi connectivity index (χ0n) is 14.7. The van der Waals surface area contributed by atoms with E-state index in [1.165, 1.54) is 7.11 Å². The molecule has 0 bridgehead atoms. The van der Waals surface area contributed by atoms with Crippen molar-refractivity contribution in [2.45, 2.75) is 44.8 Å². The Balaban J connectivity index is 1.69. The zero-order chi connectivity index (χ0) is 19.1. The second-order valence-electron chi connectivity index (χ2n) is 6.47. The van der Waals surface area contributed by atoms with E-state index in [0.29, 0.717) is 19.4 Å². The number of hydroxylamine groups is 2. The number of hydrogen-bond donors (Lipinski definition) is 2. The summed E-state index contributed by atoms with van der Waals surface area (Å²) in [4.78, 5) is 51.2. The minimum atomic E-state index is -1.06. The summed E-state index contributed by atoms with van der Waals surface area (Å²) in [7, 11) is 1.23. The number of ether oxygens (including phenoxy) is 1. The van der Waals surface area contributed by atoms with Crippen LogP contribution in [0.2, 0.25) is 0 Å². The minimum absolute atomic E-state index is 0.172. The summed E-state index contributed by atoms with van der Waals surface area (Å²) in [6.07, 6.45) is 4.20. The molecule has 144 valence electrons. The van der Waals surface area contributed by atoms with Gasteiger partial charge >= 0.3 is 11.9 Å². The Morgan fingerprint density at radius 3 is 2.46 bits per heavy atom. The third kappa shape index (κ3) is 5.55. The van der Waals surface area contributed by atoms with Crippen molar-refractivity contribution >= 4 is 23.8 Å². The minimum Gasteiger partial charge on any atom is -0.466 e. The molecule has 1 saturated heterocycles. The summed E-state index contributed by atoms with van der Waals surface area (Å²) >= 11 is 0. The molecule has 0 aromatic rings. The molecular formula is C17H24N2O7. The van der Waals surface area contributed by atoms with Gasteiger partial charge in [0.15, 0.2) is 6.23 Å². The monoisotopic (exact) mass is 368 g/mol. The molecule has 2 aliphatic rings. The fourth-order valence-electron chi connectivity index (χ4n) is 3.05. The maximum absolute atomic E-state index is 12.1. The van der Waals surface area contributed by atoms with Gasteiger partial charge in [0.1, 0.15) is 0 Å². The van der Waals surface area contributed by atoms with Crippen molar-refractivity contribution in [3.05, 3.63) is 12.2 Å². The number of rotatable bonds is 6. The smallest absolute Gasteiger partial charge is 0.335 e. The predicted molar refractivity (Wildman–Crippen MR) is 87.8 cm³/mol. The normalized spacial score (nSPS) is 26.0. The van der Waals surface area contributed by atoms with Crippen LogP contribution < -0.4 is 5.32 Å². The molecule has 1 aliphatic heterocycles. The number of nitrogens with zero attached hydrogens (tertiary/aromatic N) is 1. The third-order valence-electron chi connectivity index (χ3n) is 4.64. The van der Waals surface area contributed by atoms with Gasteiger partial charge in [-0.3, -0.25) is 9.59 Å². The van der Waals surface area contributed by atoms with Crippen LogP contribution in [0.25, 0.3) is 0 Å². The molecule has 0 aromatic heterocycles. The van der Waals surface area contributed by atoms with Crippen molar-refractivity contribution in [2.75, 3.05) is 13.7 Å². The molecular weight excluding hydrogens is 344 g/mol. The maximum Gasteiger partial charge on any atom is 0.335 e. The lowest BCUT2D eigenvalue weighted by molar-refractivity contribution is -0.224. The van der Waals surface area contributed by atoms with Crippen molar-refractivity contribution in [3.8, 4) is 0 Å². The number of methoxy groups -OCH3 is 1. The number of nitrogens with one attached hydrogen (secondary N) is 1. The van der Waals surface area contributed by atoms with Crippen molar-refractivity contribution in [1.82, 2.24) is 10.4 Å². The lowest BCUT2D eigenvalue weighted by Gasteiger charge is -2.28. The average molecular weight is 368 g/mol. The maximum atomic E-state index is 12.1. The topological polar surface area (TPSA) is 122 Å². The van der Waals surface area contributed by atoms with E-state index in [4.69, 9.17) is 4.84 Å². The molecule has 0 spiro atoms. The largest absolute Gasteiger partial charge is 0.466 e. The molecule has 2 N–H and O–H groups in total. The zero-order valence-corrected chi connectivity index (χ0v) is 14.7. The van der Waals surface area contributed by atoms with Crippen LogP contribution in [-0.2, 0) is 28.8 Å². The van der Waals surface area contributed by atoms with Crippen LogP contribution in [0.5, 0.6) is 0 Å². The van der Waals surface area contributed by atoms with E-state index in [9.17, 15) is 24.3 Å². The lowest BCUT2D eigenvalue weighted by atomic mass is 9.82. The molecule has 9 nitrogen and oxygen atoms in total. The fraction of sp³-hybridized carbons (Fsp3) is 0.647. The summed E-state index contributed by atoms with van der Waals surface area (Å²) in [5.41, 5.74) is 0. The van der Waals surface area contributed by atoms with Crippen LogP contribution in [0.4, 0.5) is 0 Å². The van der Waals surface area contributed by atoms with E-state index in [2.05, 4.69) is 10.1 Å². The summed E-state index contributed by atoms with van der Waals surface area (Å²) in [6, 6.07) is 0. The molecule has 2 fully saturated rings. The molecule has 1 saturated carbocycles. The van der Waals surface area contributed by atoms with Gasteiger partial charge in [0.05, 0.1) is 13.0 Å². The summed E-state index contributed by atoms with van der Waals surface area (Å²) in [5.74, 6) is -1.94. The number of esters is 1. The van der Waals surface area contributed by atoms with Gasteiger partial charge in [-0.1, -0.05) is 0 Å². The number of aliphatic hydroxyl groups excluding tert-OH is 1. The van der Waals surface area contributed by atoms with Gasteiger partial charge in [0.2, 0.25) is 5.91 Å². The average Bonchev–Trinajstić information content (AvgIpc) is 2.96. The number of aliphatic hydroxyl groups is 1. The number of hydrogen-bond acceptors (Lipinski definition) is 7. The first kappa shape index (κ1) is 19.9. The molecule has 2 rings (SSSR count). The Labute approximate surface area is 151 Å². The molecule has 1 unspecified atom stereocenters. The first-order valence-electron chi connectivity index (χ1n) is 8.66. The second-order valence-corrected chi connectivity index (χ2v) is 6.47. The molecule has 2 amide bonds. The van der Waals surface area contributed by atoms with Gasteiger partial charge < -0.3 is 20.0 Å². The van der Waals surface area contributed by atoms with Crippen LogP contribution in [0.1, 0.15) is 38.5 Å². The standard InChI is InChI=1S/C17H24N2O7/c1-25-16(23)9-6-13(20)18-10-11-2-4-12(5-3-11)17(24)26-19-14(21)7-8-15(19)22/h6,9,11-12,14,21H,2-5,7-8,10H2,1H3,(H,18,20)/b9-6-. The van der Waals surface area contributed by atoms with Crippen molar-refractivity contribution < 1.29 is 33.9 Å². The highest BCUT2D eigenvalue weighted by atomic mass is 16.7. The Morgan fingerprint density at radius 1 is 1.19 bits per heavy atom. The van der Waals surface area contributed by atoms with E-state index in [1.54, 1.807) is 0 Å². The Kier molecular flexibility index (Phi) is 7.14. The highest BCUT2D eigenvalue weighted by Gasteiger charge is 2.36. The highest BCUT2D eigenvalue weighted by molar-refractivity contribution is 5.94. The Hall–Kier alpha value is -2.42. The number of carbonyl (C=O) groups is 4. The van der Waals surface area contributed by atoms with Crippen LogP contribution in [0.3, 0.4) is 0 Å². The molecule has 0 aromatic carbocycles. The second kappa shape index (κ2) is 9.33. The third-order valence-corrected chi connectivity index (χ3v) is 4.64. The van der Waals surface area contributed by atoms with Crippen molar-refractivity contribution in [3.63, 3.8) is 0 Å². The van der Waals surface area contributed by atoms with Crippen LogP contribution >= 0.6 is 0 Å². The first-order chi connectivity index (χ1) is 12.4. The number of amides is 2. The van der Waals surface area contributed by atoms with Gasteiger partial charge in [-0.05, 0) is 31.6 Å². The van der Waals surface area contributed by atoms with Gasteiger partial charge in [0, 0.05) is 31.5 Å². The SMILES string of the molecule is COC(=O)/C=C\C(=O)NCC1CCC(C(=O)ON2C(=O)CCC2O)CC1. The summed E-state index contributed by atoms with van der Waals surface area (Å²) < 4.78 is 4.40. The van der Waals surface area contributed by atoms with Gasteiger partial charge in [0.25, 0.3) is 5.91 Å². The molecule has 1 heterocycles. The Morgan fingerprint density at radius 2 is 1.88 bits per heavy atom. The summed E-state index contributed by atoms with van der Waals surface area (Å²) in [6.45, 7) is 0.454. The van der Waals surface area contributed by atoms with E-state index in [-0.39, 0.29) is 36.5 Å². The Bertz CT molecular complexity index is 582. The van der Waals surface area contributed by atoms with Crippen molar-refractivity contribution in [2.24, 2.45) is 11.8 Å². The molecule has 1 atom stereocenters. The van der Waals surface area contributed by atoms with Gasteiger partial charge in [-0.2, -0.15) is 0 Å². The predicted octanol–water partition coefficient (Wildman–Crippen LogP) is 0.0372. The van der Waals surface area contributed by atoms with Crippen molar-refractivity contribution in [1.29, 1.82) is 0 Å². The van der Waals surface area contributed by atoms with Gasteiger partial charge in [-0.25, -0.2) is 9.59 Å². The first-order valence-corrected chi connectivity index (χ1v) is 8.66. The summed E-state index contributed by atoms with van der Waals surface area (Å²) in [5, 5.41) is 13.1. The quantitative estimate of drug-likeness (QED) is 0.501. The van der Waals surface area contributed by atoms with E-state index < -0.39 is 18.2 Å². The highest BCUT2D eigenvalue weighted by Crippen LogP contribution is 2.30. The molecule has 9 heteroatoms. The van der Waals surface area contributed by atoms with E-state index in [1.807, 2.05) is 0 Å². The molecule has 1 aliphatic carbocycles. The van der Waals surface area contributed by atoms with Crippen LogP contribution in [0.15, 0.2) is 12.2 Å². The van der Waals surface area contributed by atoms with Gasteiger partial charge in [-0.15, -0.1) is 5.06 Å². The van der Waals surface area contributed by atoms with E-state index >= 15 is 0 Å². The fourth-order valence-corrected chi connectivity index (χ4v) is 3.05. The van der Waals surface area contributed by atoms with Crippen LogP contribution in [0, 0.1) is 11.8 Å². The lowest BCUT2D eigenvalue weighted by Crippen LogP contribution is -2.38.